The Morgan fingerprint density at radius 3 is 2.70 bits per heavy atom. The summed E-state index contributed by atoms with van der Waals surface area (Å²) in [7, 11) is 0. The molecule has 2 fully saturated rings. The summed E-state index contributed by atoms with van der Waals surface area (Å²) in [5, 5.41) is 14.0. The van der Waals surface area contributed by atoms with Gasteiger partial charge in [-0.15, -0.1) is 0 Å². The Labute approximate surface area is 234 Å². The predicted molar refractivity (Wildman–Crippen MR) is 146 cm³/mol. The van der Waals surface area contributed by atoms with Gasteiger partial charge in [0, 0.05) is 12.0 Å². The van der Waals surface area contributed by atoms with Crippen LogP contribution in [0.2, 0.25) is 0 Å². The fraction of sp³-hybridized carbons (Fsp3) is 0.419. The number of quaternary nitrogens is 1. The summed E-state index contributed by atoms with van der Waals surface area (Å²) in [6, 6.07) is 9.67. The minimum Gasteiger partial charge on any atom is -0.872 e. The molecule has 9 heteroatoms. The minimum absolute atomic E-state index is 0.0208. The van der Waals surface area contributed by atoms with Gasteiger partial charge in [-0.3, -0.25) is 9.59 Å². The highest BCUT2D eigenvalue weighted by molar-refractivity contribution is 6.46. The van der Waals surface area contributed by atoms with Gasteiger partial charge < -0.3 is 33.9 Å². The Morgan fingerprint density at radius 1 is 1.15 bits per heavy atom. The summed E-state index contributed by atoms with van der Waals surface area (Å²) >= 11 is 0. The molecular formula is C31H36N2O7. The molecule has 0 saturated carbocycles. The molecule has 0 bridgehead atoms. The molecule has 1 N–H and O–H groups in total. The molecule has 212 valence electrons. The second kappa shape index (κ2) is 12.1. The Bertz CT molecular complexity index is 1310. The van der Waals surface area contributed by atoms with E-state index in [0.717, 1.165) is 24.4 Å². The summed E-state index contributed by atoms with van der Waals surface area (Å²) in [5.41, 5.74) is 1.86. The van der Waals surface area contributed by atoms with E-state index < -0.39 is 23.5 Å². The van der Waals surface area contributed by atoms with E-state index in [1.165, 1.54) is 9.80 Å². The number of benzene rings is 2. The zero-order valence-electron chi connectivity index (χ0n) is 23.1. The molecule has 3 heterocycles. The molecule has 0 aromatic heterocycles. The predicted octanol–water partition coefficient (Wildman–Crippen LogP) is 1.11. The molecule has 3 aliphatic heterocycles. The largest absolute Gasteiger partial charge is 0.872 e. The summed E-state index contributed by atoms with van der Waals surface area (Å²) in [6.07, 6.45) is 2.34. The van der Waals surface area contributed by atoms with E-state index in [1.807, 2.05) is 13.8 Å². The molecule has 0 spiro atoms. The Balaban J connectivity index is 1.56. The molecule has 2 atom stereocenters. The Hall–Kier alpha value is -3.82. The number of nitrogens with one attached hydrogen (secondary N) is 1. The average molecular weight is 549 g/mol. The van der Waals surface area contributed by atoms with E-state index >= 15 is 0 Å². The van der Waals surface area contributed by atoms with Crippen LogP contribution in [-0.2, 0) is 20.7 Å². The van der Waals surface area contributed by atoms with Gasteiger partial charge in [0.25, 0.3) is 5.91 Å². The highest BCUT2D eigenvalue weighted by Crippen LogP contribution is 2.42. The van der Waals surface area contributed by atoms with Gasteiger partial charge in [0.15, 0.2) is 11.5 Å². The molecule has 3 aliphatic rings. The first-order valence-corrected chi connectivity index (χ1v) is 13.9. The molecule has 5 rings (SSSR count). The summed E-state index contributed by atoms with van der Waals surface area (Å²) in [4.78, 5) is 29.8. The lowest BCUT2D eigenvalue weighted by Gasteiger charge is -2.30. The number of nitrogens with zero attached hydrogens (tertiary/aromatic N) is 1. The first-order chi connectivity index (χ1) is 19.4. The molecule has 2 unspecified atom stereocenters. The molecule has 2 aromatic rings. The molecule has 9 nitrogen and oxygen atoms in total. The fourth-order valence-electron chi connectivity index (χ4n) is 5.59. The number of hydrogen-bond acceptors (Lipinski definition) is 7. The number of fused-ring (bicyclic) bond motifs is 1. The van der Waals surface area contributed by atoms with Crippen molar-refractivity contribution in [3.8, 4) is 17.2 Å². The van der Waals surface area contributed by atoms with Crippen molar-refractivity contribution in [1.29, 1.82) is 0 Å². The molecule has 1 amide bonds. The van der Waals surface area contributed by atoms with E-state index in [0.29, 0.717) is 68.6 Å². The number of amides is 1. The second-order valence-electron chi connectivity index (χ2n) is 10.3. The second-order valence-corrected chi connectivity index (χ2v) is 10.3. The van der Waals surface area contributed by atoms with Crippen LogP contribution in [-0.4, -0.2) is 75.3 Å². The number of ketones is 1. The summed E-state index contributed by atoms with van der Waals surface area (Å²) < 4.78 is 22.9. The molecule has 2 saturated heterocycles. The van der Waals surface area contributed by atoms with Crippen LogP contribution in [0.3, 0.4) is 0 Å². The van der Waals surface area contributed by atoms with E-state index in [9.17, 15) is 14.7 Å². The van der Waals surface area contributed by atoms with E-state index in [-0.39, 0.29) is 11.7 Å². The van der Waals surface area contributed by atoms with Crippen molar-refractivity contribution in [2.75, 3.05) is 52.6 Å². The van der Waals surface area contributed by atoms with E-state index in [1.54, 1.807) is 42.5 Å². The molecule has 2 aromatic carbocycles. The van der Waals surface area contributed by atoms with Gasteiger partial charge in [-0.25, -0.2) is 0 Å². The van der Waals surface area contributed by atoms with Crippen LogP contribution in [0.4, 0.5) is 0 Å². The minimum atomic E-state index is -0.843. The van der Waals surface area contributed by atoms with Crippen molar-refractivity contribution < 1.29 is 38.5 Å². The number of ether oxygens (including phenoxy) is 4. The number of carbonyl (C=O) groups excluding carboxylic acids is 2. The van der Waals surface area contributed by atoms with Gasteiger partial charge in [-0.2, -0.15) is 0 Å². The first-order valence-electron chi connectivity index (χ1n) is 13.9. The normalized spacial score (nSPS) is 22.2. The third-order valence-electron chi connectivity index (χ3n) is 7.53. The van der Waals surface area contributed by atoms with Gasteiger partial charge in [0.1, 0.15) is 31.5 Å². The van der Waals surface area contributed by atoms with Crippen LogP contribution in [0.15, 0.2) is 54.6 Å². The van der Waals surface area contributed by atoms with Crippen molar-refractivity contribution >= 4 is 17.4 Å². The van der Waals surface area contributed by atoms with Crippen molar-refractivity contribution in [2.45, 2.75) is 32.4 Å². The van der Waals surface area contributed by atoms with Gasteiger partial charge >= 0.3 is 0 Å². The SMILES string of the molecule is C=CCOc1ccc(C2/C(=C(\[O-])c3ccc4c(c3)CC(C)O4)C(=O)C(=O)N2CC[NH+]2CCOCC2)cc1OCC. The summed E-state index contributed by atoms with van der Waals surface area (Å²) in [6.45, 7) is 12.2. The average Bonchev–Trinajstić information content (AvgIpc) is 3.46. The monoisotopic (exact) mass is 548 g/mol. The first kappa shape index (κ1) is 27.7. The number of hydrogen-bond donors (Lipinski definition) is 1. The van der Waals surface area contributed by atoms with E-state index in [2.05, 4.69) is 6.58 Å². The zero-order valence-corrected chi connectivity index (χ0v) is 23.1. The van der Waals surface area contributed by atoms with Gasteiger partial charge in [-0.05, 0) is 54.8 Å². The maximum absolute atomic E-state index is 14.0. The summed E-state index contributed by atoms with van der Waals surface area (Å²) in [5.74, 6) is -0.136. The van der Waals surface area contributed by atoms with Crippen LogP contribution >= 0.6 is 0 Å². The fourth-order valence-corrected chi connectivity index (χ4v) is 5.59. The van der Waals surface area contributed by atoms with Crippen LogP contribution in [0.1, 0.15) is 36.6 Å². The lowest BCUT2D eigenvalue weighted by atomic mass is 9.94. The molecule has 0 aliphatic carbocycles. The maximum Gasteiger partial charge on any atom is 0.295 e. The molecule has 0 radical (unpaired) electrons. The number of morpholine rings is 1. The van der Waals surface area contributed by atoms with Gasteiger partial charge in [0.05, 0.1) is 39.0 Å². The van der Waals surface area contributed by atoms with Crippen LogP contribution in [0, 0.1) is 0 Å². The van der Waals surface area contributed by atoms with Gasteiger partial charge in [-0.1, -0.05) is 30.5 Å². The highest BCUT2D eigenvalue weighted by Gasteiger charge is 2.45. The van der Waals surface area contributed by atoms with Crippen LogP contribution < -0.4 is 24.2 Å². The maximum atomic E-state index is 14.0. The zero-order chi connectivity index (χ0) is 28.2. The number of carbonyl (C=O) groups is 2. The number of likely N-dealkylation sites (tertiary alicyclic amines) is 1. The number of rotatable bonds is 10. The smallest absolute Gasteiger partial charge is 0.295 e. The topological polar surface area (TPSA) is 102 Å². The molecule has 40 heavy (non-hydrogen) atoms. The number of Topliss-reactive ketones (excluding diaryl/α,β-unsaturated/α-hetero) is 1. The standard InChI is InChI=1S/C31H36N2O7/c1-4-14-39-25-9-6-21(19-26(25)38-5-2)28-27(29(34)22-7-8-24-23(18-22)17-20(3)40-24)30(35)31(36)33(28)11-10-32-12-15-37-16-13-32/h4,6-9,18-20,28,34H,1,5,10-17H2,2-3H3/b29-27+. The highest BCUT2D eigenvalue weighted by atomic mass is 16.5. The lowest BCUT2D eigenvalue weighted by molar-refractivity contribution is -0.907. The Kier molecular flexibility index (Phi) is 8.42. The molecular weight excluding hydrogens is 512 g/mol. The van der Waals surface area contributed by atoms with Crippen molar-refractivity contribution in [1.82, 2.24) is 4.90 Å². The van der Waals surface area contributed by atoms with Crippen molar-refractivity contribution in [3.63, 3.8) is 0 Å². The Morgan fingerprint density at radius 2 is 1.95 bits per heavy atom. The van der Waals surface area contributed by atoms with Crippen molar-refractivity contribution in [3.05, 3.63) is 71.3 Å². The van der Waals surface area contributed by atoms with Crippen LogP contribution in [0.25, 0.3) is 5.76 Å². The van der Waals surface area contributed by atoms with Crippen molar-refractivity contribution in [2.24, 2.45) is 0 Å². The van der Waals surface area contributed by atoms with Gasteiger partial charge in [0.2, 0.25) is 5.78 Å². The van der Waals surface area contributed by atoms with E-state index in [4.69, 9.17) is 18.9 Å². The third-order valence-corrected chi connectivity index (χ3v) is 7.53. The third kappa shape index (κ3) is 5.57. The van der Waals surface area contributed by atoms with Crippen LogP contribution in [0.5, 0.6) is 17.2 Å². The quantitative estimate of drug-likeness (QED) is 0.206. The lowest BCUT2D eigenvalue weighted by Crippen LogP contribution is -3.14.